The van der Waals surface area contributed by atoms with Crippen LogP contribution in [0, 0.1) is 0 Å². The minimum Gasteiger partial charge on any atom is -0.493 e. The van der Waals surface area contributed by atoms with Gasteiger partial charge in [0.15, 0.2) is 11.5 Å². The van der Waals surface area contributed by atoms with Crippen molar-refractivity contribution in [2.24, 2.45) is 0 Å². The summed E-state index contributed by atoms with van der Waals surface area (Å²) in [5.41, 5.74) is 2.38. The molecule has 5 rings (SSSR count). The summed E-state index contributed by atoms with van der Waals surface area (Å²) >= 11 is 12.2. The van der Waals surface area contributed by atoms with Gasteiger partial charge in [0.2, 0.25) is 0 Å². The van der Waals surface area contributed by atoms with E-state index in [1.807, 2.05) is 48.5 Å². The number of ether oxygens (including phenoxy) is 3. The zero-order valence-corrected chi connectivity index (χ0v) is 22.2. The number of benzene rings is 3. The summed E-state index contributed by atoms with van der Waals surface area (Å²) in [6.45, 7) is 2.03. The molecule has 3 aromatic carbocycles. The molecule has 4 aromatic rings. The SMILES string of the molecule is COc1cc2c(Nc3ccc(Cl)c(Cl)c3)ncnc2cc1OCC1CN(C(C=O)c2ccccc2)CCO1. The number of carbonyl (C=O) groups excluding carboxylic acids is 1. The van der Waals surface area contributed by atoms with E-state index in [0.29, 0.717) is 52.6 Å². The Bertz CT molecular complexity index is 1420. The van der Waals surface area contributed by atoms with Crippen molar-refractivity contribution in [3.05, 3.63) is 82.6 Å². The smallest absolute Gasteiger partial charge is 0.163 e. The lowest BCUT2D eigenvalue weighted by Gasteiger charge is -2.36. The van der Waals surface area contributed by atoms with Gasteiger partial charge in [0.05, 0.1) is 35.3 Å². The van der Waals surface area contributed by atoms with Crippen LogP contribution in [0.2, 0.25) is 10.0 Å². The highest BCUT2D eigenvalue weighted by molar-refractivity contribution is 6.42. The molecular formula is C28H26Cl2N4O4. The lowest BCUT2D eigenvalue weighted by molar-refractivity contribution is -0.117. The van der Waals surface area contributed by atoms with Crippen LogP contribution in [0.4, 0.5) is 11.5 Å². The molecule has 1 N–H and O–H groups in total. The number of halogens is 2. The monoisotopic (exact) mass is 552 g/mol. The summed E-state index contributed by atoms with van der Waals surface area (Å²) in [4.78, 5) is 22.8. The Kier molecular flexibility index (Phi) is 8.24. The fraction of sp³-hybridized carbons (Fsp3) is 0.250. The Morgan fingerprint density at radius 2 is 1.95 bits per heavy atom. The number of carbonyl (C=O) groups is 1. The standard InChI is InChI=1S/C28H26Cl2N4O4/c1-36-26-12-21-24(31-17-32-28(21)33-19-7-8-22(29)23(30)11-19)13-27(26)38-16-20-14-34(9-10-37-20)25(15-35)18-5-3-2-4-6-18/h2-8,11-13,15,17,20,25H,9-10,14,16H2,1H3,(H,31,32,33). The molecule has 2 atom stereocenters. The molecule has 8 nitrogen and oxygen atoms in total. The average molecular weight is 553 g/mol. The third-order valence-electron chi connectivity index (χ3n) is 6.36. The number of morpholine rings is 1. The summed E-state index contributed by atoms with van der Waals surface area (Å²) in [6, 6.07) is 18.3. The van der Waals surface area contributed by atoms with Crippen molar-refractivity contribution in [1.29, 1.82) is 0 Å². The van der Waals surface area contributed by atoms with Crippen molar-refractivity contribution in [3.8, 4) is 11.5 Å². The van der Waals surface area contributed by atoms with Crippen molar-refractivity contribution in [2.75, 3.05) is 38.7 Å². The first-order valence-corrected chi connectivity index (χ1v) is 12.8. The van der Waals surface area contributed by atoms with Gasteiger partial charge in [0.1, 0.15) is 31.1 Å². The maximum atomic E-state index is 11.9. The average Bonchev–Trinajstić information content (AvgIpc) is 2.95. The molecule has 0 radical (unpaired) electrons. The molecule has 10 heteroatoms. The minimum absolute atomic E-state index is 0.215. The first-order valence-electron chi connectivity index (χ1n) is 12.1. The molecule has 1 saturated heterocycles. The Morgan fingerprint density at radius 3 is 2.71 bits per heavy atom. The van der Waals surface area contributed by atoms with Crippen LogP contribution >= 0.6 is 23.2 Å². The number of hydrogen-bond acceptors (Lipinski definition) is 8. The molecule has 1 aliphatic rings. The van der Waals surface area contributed by atoms with Gasteiger partial charge in [-0.15, -0.1) is 0 Å². The highest BCUT2D eigenvalue weighted by Crippen LogP contribution is 2.36. The largest absolute Gasteiger partial charge is 0.493 e. The first-order chi connectivity index (χ1) is 18.6. The van der Waals surface area contributed by atoms with Crippen LogP contribution in [-0.2, 0) is 9.53 Å². The Balaban J connectivity index is 1.31. The molecule has 0 saturated carbocycles. The van der Waals surface area contributed by atoms with Crippen molar-refractivity contribution >= 4 is 51.9 Å². The van der Waals surface area contributed by atoms with Gasteiger partial charge in [-0.2, -0.15) is 0 Å². The molecule has 196 valence electrons. The van der Waals surface area contributed by atoms with Crippen LogP contribution in [0.3, 0.4) is 0 Å². The molecule has 0 bridgehead atoms. The van der Waals surface area contributed by atoms with Crippen LogP contribution in [0.15, 0.2) is 67.0 Å². The Morgan fingerprint density at radius 1 is 1.11 bits per heavy atom. The molecule has 38 heavy (non-hydrogen) atoms. The molecule has 0 spiro atoms. The van der Waals surface area contributed by atoms with Gasteiger partial charge in [-0.1, -0.05) is 53.5 Å². The van der Waals surface area contributed by atoms with Crippen molar-refractivity contribution in [2.45, 2.75) is 12.1 Å². The number of methoxy groups -OCH3 is 1. The number of nitrogens with zero attached hydrogens (tertiary/aromatic N) is 3. The molecule has 2 heterocycles. The molecule has 1 aromatic heterocycles. The van der Waals surface area contributed by atoms with Crippen LogP contribution in [0.25, 0.3) is 10.9 Å². The van der Waals surface area contributed by atoms with Gasteiger partial charge in [-0.25, -0.2) is 9.97 Å². The lowest BCUT2D eigenvalue weighted by Crippen LogP contribution is -2.46. The first kappa shape index (κ1) is 26.2. The van der Waals surface area contributed by atoms with E-state index < -0.39 is 0 Å². The predicted octanol–water partition coefficient (Wildman–Crippen LogP) is 5.71. The number of hydrogen-bond donors (Lipinski definition) is 1. The molecule has 1 fully saturated rings. The summed E-state index contributed by atoms with van der Waals surface area (Å²) in [5, 5.41) is 4.92. The van der Waals surface area contributed by atoms with Gasteiger partial charge in [-0.05, 0) is 29.8 Å². The quantitative estimate of drug-likeness (QED) is 0.264. The summed E-state index contributed by atoms with van der Waals surface area (Å²) in [6.07, 6.45) is 2.24. The van der Waals surface area contributed by atoms with Crippen LogP contribution in [-0.4, -0.2) is 60.7 Å². The van der Waals surface area contributed by atoms with E-state index in [-0.39, 0.29) is 18.8 Å². The van der Waals surface area contributed by atoms with E-state index in [9.17, 15) is 4.79 Å². The molecule has 0 aliphatic carbocycles. The zero-order valence-electron chi connectivity index (χ0n) is 20.6. The number of aldehydes is 1. The maximum absolute atomic E-state index is 11.9. The topological polar surface area (TPSA) is 85.8 Å². The van der Waals surface area contributed by atoms with Gasteiger partial charge in [0, 0.05) is 30.2 Å². The number of nitrogens with one attached hydrogen (secondary N) is 1. The van der Waals surface area contributed by atoms with Gasteiger partial charge in [0.25, 0.3) is 0 Å². The van der Waals surface area contributed by atoms with Crippen molar-refractivity contribution in [1.82, 2.24) is 14.9 Å². The number of anilines is 2. The highest BCUT2D eigenvalue weighted by atomic mass is 35.5. The summed E-state index contributed by atoms with van der Waals surface area (Å²) in [7, 11) is 1.58. The number of rotatable bonds is 9. The third kappa shape index (κ3) is 5.84. The van der Waals surface area contributed by atoms with E-state index in [1.165, 1.54) is 6.33 Å². The minimum atomic E-state index is -0.323. The van der Waals surface area contributed by atoms with E-state index in [2.05, 4.69) is 20.2 Å². The van der Waals surface area contributed by atoms with E-state index in [0.717, 1.165) is 22.9 Å². The Labute approximate surface area is 230 Å². The second-order valence-electron chi connectivity index (χ2n) is 8.79. The fourth-order valence-corrected chi connectivity index (χ4v) is 4.75. The van der Waals surface area contributed by atoms with Gasteiger partial charge in [-0.3, -0.25) is 4.90 Å². The second kappa shape index (κ2) is 12.0. The zero-order chi connectivity index (χ0) is 26.5. The normalized spacial score (nSPS) is 16.7. The van der Waals surface area contributed by atoms with Crippen LogP contribution < -0.4 is 14.8 Å². The van der Waals surface area contributed by atoms with Gasteiger partial charge < -0.3 is 24.3 Å². The number of fused-ring (bicyclic) bond motifs is 1. The van der Waals surface area contributed by atoms with Crippen LogP contribution in [0.5, 0.6) is 11.5 Å². The number of aromatic nitrogens is 2. The maximum Gasteiger partial charge on any atom is 0.163 e. The van der Waals surface area contributed by atoms with Crippen molar-refractivity contribution < 1.29 is 19.0 Å². The Hall–Kier alpha value is -3.43. The third-order valence-corrected chi connectivity index (χ3v) is 7.10. The van der Waals surface area contributed by atoms with Crippen LogP contribution in [0.1, 0.15) is 11.6 Å². The fourth-order valence-electron chi connectivity index (χ4n) is 4.45. The summed E-state index contributed by atoms with van der Waals surface area (Å²) < 4.78 is 17.7. The summed E-state index contributed by atoms with van der Waals surface area (Å²) in [5.74, 6) is 1.66. The lowest BCUT2D eigenvalue weighted by atomic mass is 10.1. The molecular weight excluding hydrogens is 527 g/mol. The van der Waals surface area contributed by atoms with Gasteiger partial charge >= 0.3 is 0 Å². The molecule has 0 amide bonds. The second-order valence-corrected chi connectivity index (χ2v) is 9.60. The van der Waals surface area contributed by atoms with E-state index >= 15 is 0 Å². The van der Waals surface area contributed by atoms with E-state index in [4.69, 9.17) is 37.4 Å². The van der Waals surface area contributed by atoms with Crippen molar-refractivity contribution in [3.63, 3.8) is 0 Å². The molecule has 1 aliphatic heterocycles. The highest BCUT2D eigenvalue weighted by Gasteiger charge is 2.28. The molecule has 2 unspecified atom stereocenters. The predicted molar refractivity (Wildman–Crippen MR) is 148 cm³/mol. The van der Waals surface area contributed by atoms with E-state index in [1.54, 1.807) is 19.2 Å².